The molecule has 1 unspecified atom stereocenters. The van der Waals surface area contributed by atoms with Gasteiger partial charge in [0, 0.05) is 24.5 Å². The maximum absolute atomic E-state index is 12.6. The lowest BCUT2D eigenvalue weighted by atomic mass is 9.93. The third kappa shape index (κ3) is 3.86. The highest BCUT2D eigenvalue weighted by molar-refractivity contribution is 6.08. The van der Waals surface area contributed by atoms with Crippen molar-refractivity contribution in [3.63, 3.8) is 0 Å². The zero-order chi connectivity index (χ0) is 18.9. The molecule has 3 rings (SSSR count). The fourth-order valence-electron chi connectivity index (χ4n) is 3.66. The molecule has 2 aliphatic heterocycles. The summed E-state index contributed by atoms with van der Waals surface area (Å²) in [5.41, 5.74) is 1.09. The van der Waals surface area contributed by atoms with Crippen LogP contribution in [0.4, 0.5) is 4.79 Å². The molecule has 3 heterocycles. The number of piperidine rings is 1. The van der Waals surface area contributed by atoms with Crippen molar-refractivity contribution in [2.24, 2.45) is 5.92 Å². The number of nitrogens with zero attached hydrogens (tertiary/aromatic N) is 3. The van der Waals surface area contributed by atoms with Gasteiger partial charge in [0.2, 0.25) is 5.91 Å². The van der Waals surface area contributed by atoms with Crippen molar-refractivity contribution in [3.8, 4) is 0 Å². The second-order valence-electron chi connectivity index (χ2n) is 7.77. The van der Waals surface area contributed by atoms with Crippen LogP contribution >= 0.6 is 0 Å². The largest absolute Gasteiger partial charge is 0.341 e. The van der Waals surface area contributed by atoms with E-state index in [4.69, 9.17) is 0 Å². The number of hydrogen-bond acceptors (Lipinski definition) is 4. The van der Waals surface area contributed by atoms with Gasteiger partial charge in [-0.3, -0.25) is 19.5 Å². The second kappa shape index (κ2) is 7.05. The van der Waals surface area contributed by atoms with Crippen molar-refractivity contribution in [2.75, 3.05) is 19.6 Å². The predicted octanol–water partition coefficient (Wildman–Crippen LogP) is 1.50. The Balaban J connectivity index is 1.60. The predicted molar refractivity (Wildman–Crippen MR) is 96.3 cm³/mol. The number of hydrogen-bond donors (Lipinski definition) is 1. The number of carbonyl (C=O) groups is 3. The smallest absolute Gasteiger partial charge is 0.325 e. The summed E-state index contributed by atoms with van der Waals surface area (Å²) in [7, 11) is 0. The standard InChI is InChI=1S/C19H26N4O3/c1-13-6-4-8-15(20-13)10-14-7-5-9-22(11-14)16(24)12-23-17(25)19(2,3)21-18(23)26/h4,6,8,14H,5,7,9-12H2,1-3H3,(H,21,26). The monoisotopic (exact) mass is 358 g/mol. The second-order valence-corrected chi connectivity index (χ2v) is 7.77. The Bertz CT molecular complexity index is 731. The Labute approximate surface area is 153 Å². The van der Waals surface area contributed by atoms with Crippen LogP contribution in [0.3, 0.4) is 0 Å². The van der Waals surface area contributed by atoms with Crippen LogP contribution in [0.1, 0.15) is 38.1 Å². The van der Waals surface area contributed by atoms with Crippen LogP contribution in [0.15, 0.2) is 18.2 Å². The molecule has 0 spiro atoms. The maximum Gasteiger partial charge on any atom is 0.325 e. The SMILES string of the molecule is Cc1cccc(CC2CCCN(C(=O)CN3C(=O)NC(C)(C)C3=O)C2)n1. The van der Waals surface area contributed by atoms with Crippen LogP contribution in [0.25, 0.3) is 0 Å². The molecule has 2 fully saturated rings. The number of amides is 4. The molecule has 4 amide bonds. The molecule has 0 aromatic carbocycles. The number of likely N-dealkylation sites (tertiary alicyclic amines) is 1. The molecule has 0 aliphatic carbocycles. The third-order valence-corrected chi connectivity index (χ3v) is 5.05. The van der Waals surface area contributed by atoms with Gasteiger partial charge in [0.25, 0.3) is 5.91 Å². The van der Waals surface area contributed by atoms with E-state index in [1.165, 1.54) is 0 Å². The van der Waals surface area contributed by atoms with Gasteiger partial charge in [-0.1, -0.05) is 6.07 Å². The van der Waals surface area contributed by atoms with E-state index < -0.39 is 11.6 Å². The zero-order valence-electron chi connectivity index (χ0n) is 15.6. The summed E-state index contributed by atoms with van der Waals surface area (Å²) in [6, 6.07) is 5.50. The van der Waals surface area contributed by atoms with E-state index in [0.29, 0.717) is 19.0 Å². The molecular formula is C19H26N4O3. The molecule has 7 heteroatoms. The van der Waals surface area contributed by atoms with Crippen molar-refractivity contribution in [3.05, 3.63) is 29.6 Å². The normalized spacial score (nSPS) is 22.5. The number of nitrogens with one attached hydrogen (secondary N) is 1. The molecule has 0 saturated carbocycles. The first-order valence-electron chi connectivity index (χ1n) is 9.10. The van der Waals surface area contributed by atoms with Crippen molar-refractivity contribution in [2.45, 2.75) is 45.6 Å². The number of aromatic nitrogens is 1. The van der Waals surface area contributed by atoms with Crippen LogP contribution in [-0.2, 0) is 16.0 Å². The molecule has 26 heavy (non-hydrogen) atoms. The highest BCUT2D eigenvalue weighted by Gasteiger charge is 2.45. The van der Waals surface area contributed by atoms with Crippen LogP contribution in [0.2, 0.25) is 0 Å². The van der Waals surface area contributed by atoms with Gasteiger partial charge in [-0.2, -0.15) is 0 Å². The minimum Gasteiger partial charge on any atom is -0.341 e. The fraction of sp³-hybridized carbons (Fsp3) is 0.579. The van der Waals surface area contributed by atoms with Crippen molar-refractivity contribution < 1.29 is 14.4 Å². The summed E-state index contributed by atoms with van der Waals surface area (Å²) in [4.78, 5) is 44.2. The first-order chi connectivity index (χ1) is 12.3. The number of imide groups is 1. The molecule has 1 aromatic rings. The summed E-state index contributed by atoms with van der Waals surface area (Å²) in [6.07, 6.45) is 2.81. The molecule has 1 N–H and O–H groups in total. The Morgan fingerprint density at radius 1 is 1.35 bits per heavy atom. The number of pyridine rings is 1. The first kappa shape index (κ1) is 18.4. The average Bonchev–Trinajstić information content (AvgIpc) is 2.77. The van der Waals surface area contributed by atoms with Crippen LogP contribution in [0, 0.1) is 12.8 Å². The van der Waals surface area contributed by atoms with E-state index in [9.17, 15) is 14.4 Å². The van der Waals surface area contributed by atoms with Gasteiger partial charge in [-0.15, -0.1) is 0 Å². The summed E-state index contributed by atoms with van der Waals surface area (Å²) in [5, 5.41) is 2.61. The highest BCUT2D eigenvalue weighted by Crippen LogP contribution is 2.22. The van der Waals surface area contributed by atoms with E-state index in [0.717, 1.165) is 35.6 Å². The summed E-state index contributed by atoms with van der Waals surface area (Å²) in [6.45, 7) is 6.38. The van der Waals surface area contributed by atoms with E-state index in [-0.39, 0.29) is 18.4 Å². The van der Waals surface area contributed by atoms with Crippen LogP contribution < -0.4 is 5.32 Å². The average molecular weight is 358 g/mol. The first-order valence-corrected chi connectivity index (χ1v) is 9.10. The highest BCUT2D eigenvalue weighted by atomic mass is 16.2. The minimum atomic E-state index is -0.946. The van der Waals surface area contributed by atoms with Gasteiger partial charge in [-0.25, -0.2) is 4.79 Å². The molecule has 7 nitrogen and oxygen atoms in total. The van der Waals surface area contributed by atoms with Gasteiger partial charge >= 0.3 is 6.03 Å². The molecule has 140 valence electrons. The van der Waals surface area contributed by atoms with Gasteiger partial charge < -0.3 is 10.2 Å². The van der Waals surface area contributed by atoms with Crippen molar-refractivity contribution in [1.29, 1.82) is 0 Å². The third-order valence-electron chi connectivity index (χ3n) is 5.05. The van der Waals surface area contributed by atoms with E-state index in [2.05, 4.69) is 10.3 Å². The Morgan fingerprint density at radius 2 is 2.12 bits per heavy atom. The molecule has 2 saturated heterocycles. The van der Waals surface area contributed by atoms with Gasteiger partial charge in [0.1, 0.15) is 12.1 Å². The van der Waals surface area contributed by atoms with Crippen LogP contribution in [0.5, 0.6) is 0 Å². The minimum absolute atomic E-state index is 0.173. The van der Waals surface area contributed by atoms with Crippen molar-refractivity contribution >= 4 is 17.8 Å². The number of rotatable bonds is 4. The van der Waals surface area contributed by atoms with Gasteiger partial charge in [-0.05, 0) is 58.1 Å². The molecular weight excluding hydrogens is 332 g/mol. The molecule has 0 radical (unpaired) electrons. The Morgan fingerprint density at radius 3 is 2.77 bits per heavy atom. The summed E-state index contributed by atoms with van der Waals surface area (Å²) in [5.74, 6) is -0.178. The van der Waals surface area contributed by atoms with E-state index in [1.807, 2.05) is 25.1 Å². The summed E-state index contributed by atoms with van der Waals surface area (Å²) < 4.78 is 0. The lowest BCUT2D eigenvalue weighted by Crippen LogP contribution is -2.47. The number of carbonyl (C=O) groups excluding carboxylic acids is 3. The van der Waals surface area contributed by atoms with Crippen molar-refractivity contribution in [1.82, 2.24) is 20.1 Å². The fourth-order valence-corrected chi connectivity index (χ4v) is 3.66. The number of urea groups is 1. The maximum atomic E-state index is 12.6. The van der Waals surface area contributed by atoms with E-state index >= 15 is 0 Å². The Kier molecular flexibility index (Phi) is 4.98. The lowest BCUT2D eigenvalue weighted by molar-refractivity contribution is -0.139. The van der Waals surface area contributed by atoms with Crippen LogP contribution in [-0.4, -0.2) is 57.8 Å². The number of aryl methyl sites for hydroxylation is 1. The van der Waals surface area contributed by atoms with Gasteiger partial charge in [0.05, 0.1) is 0 Å². The summed E-state index contributed by atoms with van der Waals surface area (Å²) >= 11 is 0. The topological polar surface area (TPSA) is 82.6 Å². The molecule has 1 atom stereocenters. The molecule has 2 aliphatic rings. The zero-order valence-corrected chi connectivity index (χ0v) is 15.6. The Hall–Kier alpha value is -2.44. The lowest BCUT2D eigenvalue weighted by Gasteiger charge is -2.33. The molecule has 1 aromatic heterocycles. The van der Waals surface area contributed by atoms with Gasteiger partial charge in [0.15, 0.2) is 0 Å². The molecule has 0 bridgehead atoms. The van der Waals surface area contributed by atoms with E-state index in [1.54, 1.807) is 18.7 Å². The quantitative estimate of drug-likeness (QED) is 0.827.